The van der Waals surface area contributed by atoms with Crippen molar-refractivity contribution in [3.8, 4) is 16.9 Å². The van der Waals surface area contributed by atoms with E-state index >= 15 is 0 Å². The van der Waals surface area contributed by atoms with Gasteiger partial charge in [-0.25, -0.2) is 4.79 Å². The van der Waals surface area contributed by atoms with Gasteiger partial charge in [0.2, 0.25) is 0 Å². The third kappa shape index (κ3) is 4.42. The Kier molecular flexibility index (Phi) is 6.13. The number of alkyl halides is 3. The maximum absolute atomic E-state index is 13.3. The van der Waals surface area contributed by atoms with Crippen LogP contribution in [0.5, 0.6) is 5.75 Å². The van der Waals surface area contributed by atoms with Crippen LogP contribution in [0.2, 0.25) is 0 Å². The van der Waals surface area contributed by atoms with E-state index < -0.39 is 24.1 Å². The monoisotopic (exact) mass is 521 g/mol. The van der Waals surface area contributed by atoms with Gasteiger partial charge in [0.25, 0.3) is 0 Å². The summed E-state index contributed by atoms with van der Waals surface area (Å²) >= 11 is 0. The number of fused-ring (bicyclic) bond motifs is 5. The summed E-state index contributed by atoms with van der Waals surface area (Å²) in [4.78, 5) is 28.3. The van der Waals surface area contributed by atoms with Crippen molar-refractivity contribution in [1.29, 1.82) is 0 Å². The molecule has 3 aromatic carbocycles. The molecule has 1 amide bonds. The van der Waals surface area contributed by atoms with Gasteiger partial charge in [0.15, 0.2) is 5.78 Å². The van der Waals surface area contributed by atoms with Gasteiger partial charge in [0, 0.05) is 23.9 Å². The number of amides is 1. The number of ether oxygens (including phenoxy) is 2. The first-order valence-electron chi connectivity index (χ1n) is 12.8. The van der Waals surface area contributed by atoms with Gasteiger partial charge in [-0.2, -0.15) is 0 Å². The number of piperidine rings is 1. The summed E-state index contributed by atoms with van der Waals surface area (Å²) in [5, 5.41) is 0. The maximum atomic E-state index is 13.3. The van der Waals surface area contributed by atoms with Crippen LogP contribution in [0.3, 0.4) is 0 Å². The Balaban J connectivity index is 1.14. The second-order valence-electron chi connectivity index (χ2n) is 10.2. The fourth-order valence-corrected chi connectivity index (χ4v) is 6.46. The number of para-hydroxylation sites is 1. The van der Waals surface area contributed by atoms with E-state index in [9.17, 15) is 22.8 Å². The number of carbonyl (C=O) groups excluding carboxylic acids is 2. The molecule has 2 heterocycles. The van der Waals surface area contributed by atoms with Gasteiger partial charge in [-0.05, 0) is 60.1 Å². The van der Waals surface area contributed by atoms with Crippen molar-refractivity contribution in [1.82, 2.24) is 4.90 Å². The molecule has 196 valence electrons. The van der Waals surface area contributed by atoms with E-state index in [-0.39, 0.29) is 36.0 Å². The van der Waals surface area contributed by atoms with Crippen molar-refractivity contribution in [2.75, 3.05) is 6.61 Å². The topological polar surface area (TPSA) is 55.8 Å². The Hall–Kier alpha value is -3.81. The number of nitrogens with zero attached hydrogens (tertiary/aromatic N) is 1. The van der Waals surface area contributed by atoms with Gasteiger partial charge >= 0.3 is 12.5 Å². The van der Waals surface area contributed by atoms with Crippen LogP contribution in [0.1, 0.15) is 53.1 Å². The Morgan fingerprint density at radius 3 is 1.97 bits per heavy atom. The molecule has 3 aliphatic rings. The summed E-state index contributed by atoms with van der Waals surface area (Å²) in [5.41, 5.74) is 4.49. The van der Waals surface area contributed by atoms with E-state index in [4.69, 9.17) is 4.74 Å². The summed E-state index contributed by atoms with van der Waals surface area (Å²) in [7, 11) is 0. The number of benzene rings is 3. The highest BCUT2D eigenvalue weighted by atomic mass is 19.4. The zero-order valence-corrected chi connectivity index (χ0v) is 20.5. The minimum absolute atomic E-state index is 0.0479. The largest absolute Gasteiger partial charge is 0.573 e. The molecule has 0 spiro atoms. The lowest BCUT2D eigenvalue weighted by molar-refractivity contribution is -0.274. The molecule has 38 heavy (non-hydrogen) atoms. The van der Waals surface area contributed by atoms with Crippen LogP contribution in [-0.2, 0) is 4.74 Å². The predicted molar refractivity (Wildman–Crippen MR) is 134 cm³/mol. The zero-order chi connectivity index (χ0) is 26.4. The normalized spacial score (nSPS) is 22.1. The lowest BCUT2D eigenvalue weighted by Gasteiger charge is -2.38. The van der Waals surface area contributed by atoms with E-state index in [0.29, 0.717) is 12.8 Å². The molecule has 2 bridgehead atoms. The average Bonchev–Trinajstić information content (AvgIpc) is 3.36. The van der Waals surface area contributed by atoms with Gasteiger partial charge < -0.3 is 14.4 Å². The second-order valence-corrected chi connectivity index (χ2v) is 10.2. The Labute approximate surface area is 218 Å². The van der Waals surface area contributed by atoms with Gasteiger partial charge in [-0.1, -0.05) is 60.7 Å². The molecule has 0 N–H and O–H groups in total. The SMILES string of the molecule is O=C(c1ccccc1OC(F)(F)F)C1CC2CCC(C1)N2C(=O)OCC1c2ccccc2-c2ccccc21. The Morgan fingerprint density at radius 2 is 1.37 bits per heavy atom. The minimum Gasteiger partial charge on any atom is -0.448 e. The summed E-state index contributed by atoms with van der Waals surface area (Å²) < 4.78 is 48.5. The van der Waals surface area contributed by atoms with Crippen molar-refractivity contribution in [2.24, 2.45) is 5.92 Å². The van der Waals surface area contributed by atoms with Gasteiger partial charge in [-0.15, -0.1) is 13.2 Å². The second kappa shape index (κ2) is 9.49. The number of hydrogen-bond acceptors (Lipinski definition) is 4. The van der Waals surface area contributed by atoms with Crippen LogP contribution in [0.25, 0.3) is 11.1 Å². The van der Waals surface area contributed by atoms with Gasteiger partial charge in [0.05, 0.1) is 5.56 Å². The Bertz CT molecular complexity index is 1330. The summed E-state index contributed by atoms with van der Waals surface area (Å²) in [6, 6.07) is 21.3. The van der Waals surface area contributed by atoms with Crippen LogP contribution in [-0.4, -0.2) is 41.8 Å². The standard InChI is InChI=1S/C30H26F3NO4/c31-30(32,33)38-27-12-6-5-11-25(27)28(35)18-15-19-13-14-20(16-18)34(19)29(36)37-17-26-23-9-3-1-7-21(23)22-8-2-4-10-24(22)26/h1-12,18-20,26H,13-17H2. The number of carbonyl (C=O) groups is 2. The molecular formula is C30H26F3NO4. The number of Topliss-reactive ketones (excluding diaryl/α,β-unsaturated/α-hetero) is 1. The summed E-state index contributed by atoms with van der Waals surface area (Å²) in [6.07, 6.45) is -3.03. The molecule has 2 unspecified atom stereocenters. The summed E-state index contributed by atoms with van der Waals surface area (Å²) in [6.45, 7) is 0.216. The zero-order valence-electron chi connectivity index (χ0n) is 20.5. The molecular weight excluding hydrogens is 495 g/mol. The molecule has 2 fully saturated rings. The number of rotatable bonds is 5. The van der Waals surface area contributed by atoms with E-state index in [1.165, 1.54) is 18.2 Å². The van der Waals surface area contributed by atoms with Crippen molar-refractivity contribution < 1.29 is 32.2 Å². The third-order valence-electron chi connectivity index (χ3n) is 8.03. The molecule has 1 aliphatic carbocycles. The van der Waals surface area contributed by atoms with Crippen LogP contribution < -0.4 is 4.74 Å². The molecule has 8 heteroatoms. The first kappa shape index (κ1) is 24.5. The molecule has 0 radical (unpaired) electrons. The first-order chi connectivity index (χ1) is 18.3. The molecule has 2 aliphatic heterocycles. The van der Waals surface area contributed by atoms with Gasteiger partial charge in [-0.3, -0.25) is 4.79 Å². The first-order valence-corrected chi connectivity index (χ1v) is 12.8. The quantitative estimate of drug-likeness (QED) is 0.341. The fraction of sp³-hybridized carbons (Fsp3) is 0.333. The Morgan fingerprint density at radius 1 is 0.816 bits per heavy atom. The molecule has 6 rings (SSSR count). The van der Waals surface area contributed by atoms with Crippen LogP contribution in [0.15, 0.2) is 72.8 Å². The highest BCUT2D eigenvalue weighted by Crippen LogP contribution is 2.45. The van der Waals surface area contributed by atoms with Crippen molar-refractivity contribution in [3.63, 3.8) is 0 Å². The highest BCUT2D eigenvalue weighted by Gasteiger charge is 2.47. The predicted octanol–water partition coefficient (Wildman–Crippen LogP) is 6.96. The van der Waals surface area contributed by atoms with E-state index in [1.54, 1.807) is 4.90 Å². The van der Waals surface area contributed by atoms with E-state index in [0.717, 1.165) is 41.2 Å². The summed E-state index contributed by atoms with van der Waals surface area (Å²) in [5.74, 6) is -1.40. The molecule has 2 atom stereocenters. The van der Waals surface area contributed by atoms with Crippen LogP contribution in [0.4, 0.5) is 18.0 Å². The lowest BCUT2D eigenvalue weighted by Crippen LogP contribution is -2.48. The highest BCUT2D eigenvalue weighted by molar-refractivity contribution is 6.00. The number of ketones is 1. The number of halogens is 3. The van der Waals surface area contributed by atoms with Crippen LogP contribution >= 0.6 is 0 Å². The molecule has 2 saturated heterocycles. The maximum Gasteiger partial charge on any atom is 0.573 e. The molecule has 0 aromatic heterocycles. The lowest BCUT2D eigenvalue weighted by atomic mass is 9.84. The minimum atomic E-state index is -4.89. The number of hydrogen-bond donors (Lipinski definition) is 0. The van der Waals surface area contributed by atoms with Gasteiger partial charge in [0.1, 0.15) is 12.4 Å². The van der Waals surface area contributed by atoms with E-state index in [1.807, 2.05) is 24.3 Å². The molecule has 0 saturated carbocycles. The van der Waals surface area contributed by atoms with Crippen molar-refractivity contribution in [3.05, 3.63) is 89.5 Å². The third-order valence-corrected chi connectivity index (χ3v) is 8.03. The van der Waals surface area contributed by atoms with Crippen molar-refractivity contribution in [2.45, 2.75) is 50.0 Å². The van der Waals surface area contributed by atoms with E-state index in [2.05, 4.69) is 29.0 Å². The van der Waals surface area contributed by atoms with Crippen LogP contribution in [0, 0.1) is 5.92 Å². The smallest absolute Gasteiger partial charge is 0.448 e. The fourth-order valence-electron chi connectivity index (χ4n) is 6.46. The molecule has 3 aromatic rings. The van der Waals surface area contributed by atoms with Crippen molar-refractivity contribution >= 4 is 11.9 Å². The average molecular weight is 522 g/mol. The molecule has 5 nitrogen and oxygen atoms in total.